The van der Waals surface area contributed by atoms with E-state index in [1.54, 1.807) is 12.1 Å². The number of piperidine rings is 1. The van der Waals surface area contributed by atoms with Gasteiger partial charge in [-0.1, -0.05) is 0 Å². The van der Waals surface area contributed by atoms with Gasteiger partial charge in [-0.2, -0.15) is 0 Å². The summed E-state index contributed by atoms with van der Waals surface area (Å²) in [4.78, 5) is 2.28. The first-order valence-corrected chi connectivity index (χ1v) is 7.63. The predicted octanol–water partition coefficient (Wildman–Crippen LogP) is 1.30. The van der Waals surface area contributed by atoms with Crippen LogP contribution in [-0.2, 0) is 10.0 Å². The Morgan fingerprint density at radius 2 is 2.06 bits per heavy atom. The van der Waals surface area contributed by atoms with Crippen molar-refractivity contribution in [1.82, 2.24) is 0 Å². The lowest BCUT2D eigenvalue weighted by Gasteiger charge is -2.36. The topological polar surface area (TPSA) is 89.4 Å². The van der Waals surface area contributed by atoms with Gasteiger partial charge >= 0.3 is 0 Å². The minimum atomic E-state index is -3.68. The number of hydrogen-bond donors (Lipinski definition) is 2. The van der Waals surface area contributed by atoms with Crippen molar-refractivity contribution in [2.75, 3.05) is 17.2 Å². The highest BCUT2D eigenvalue weighted by Gasteiger charge is 2.21. The highest BCUT2D eigenvalue weighted by atomic mass is 32.2. The summed E-state index contributed by atoms with van der Waals surface area (Å²) in [6.07, 6.45) is 3.40. The molecule has 1 aromatic rings. The van der Waals surface area contributed by atoms with Crippen LogP contribution < -0.4 is 15.8 Å². The number of nitrogens with two attached hydrogens (primary N) is 2. The normalized spacial score (nSPS) is 21.0. The molecule has 4 N–H and O–H groups in total. The van der Waals surface area contributed by atoms with Crippen molar-refractivity contribution in [2.45, 2.75) is 37.1 Å². The fourth-order valence-corrected chi connectivity index (χ4v) is 2.94. The third-order valence-corrected chi connectivity index (χ3v) is 4.35. The quantitative estimate of drug-likeness (QED) is 0.792. The number of primary sulfonamides is 1. The van der Waals surface area contributed by atoms with Gasteiger partial charge in [0.1, 0.15) is 0 Å². The summed E-state index contributed by atoms with van der Waals surface area (Å²) in [5.41, 5.74) is 7.31. The van der Waals surface area contributed by atoms with E-state index in [0.29, 0.717) is 11.7 Å². The molecule has 1 saturated heterocycles. The molecule has 0 saturated carbocycles. The molecule has 1 unspecified atom stereocenters. The van der Waals surface area contributed by atoms with Gasteiger partial charge in [0.25, 0.3) is 0 Å². The molecular formula is C12H19N3O2S. The minimum absolute atomic E-state index is 0.115. The van der Waals surface area contributed by atoms with E-state index in [-0.39, 0.29) is 4.90 Å². The highest BCUT2D eigenvalue weighted by Crippen LogP contribution is 2.31. The summed E-state index contributed by atoms with van der Waals surface area (Å²) >= 11 is 0. The van der Waals surface area contributed by atoms with E-state index in [2.05, 4.69) is 11.8 Å². The Balaban J connectivity index is 2.43. The van der Waals surface area contributed by atoms with Gasteiger partial charge in [-0.05, 0) is 44.4 Å². The van der Waals surface area contributed by atoms with Crippen molar-refractivity contribution in [1.29, 1.82) is 0 Å². The summed E-state index contributed by atoms with van der Waals surface area (Å²) in [7, 11) is -3.68. The molecule has 1 atom stereocenters. The van der Waals surface area contributed by atoms with Gasteiger partial charge in [0.2, 0.25) is 10.0 Å². The van der Waals surface area contributed by atoms with Crippen LogP contribution in [0.25, 0.3) is 0 Å². The molecule has 5 nitrogen and oxygen atoms in total. The number of sulfonamides is 1. The van der Waals surface area contributed by atoms with Crippen LogP contribution in [0.15, 0.2) is 23.1 Å². The van der Waals surface area contributed by atoms with Crippen molar-refractivity contribution < 1.29 is 8.42 Å². The van der Waals surface area contributed by atoms with Crippen LogP contribution in [0.3, 0.4) is 0 Å². The zero-order chi connectivity index (χ0) is 13.3. The summed E-state index contributed by atoms with van der Waals surface area (Å²) in [6.45, 7) is 3.03. The lowest BCUT2D eigenvalue weighted by molar-refractivity contribution is 0.485. The maximum absolute atomic E-state index is 11.4. The second kappa shape index (κ2) is 4.78. The van der Waals surface area contributed by atoms with Crippen molar-refractivity contribution in [2.24, 2.45) is 5.14 Å². The number of nitrogens with zero attached hydrogens (tertiary/aromatic N) is 1. The van der Waals surface area contributed by atoms with E-state index in [9.17, 15) is 8.42 Å². The second-order valence-electron chi connectivity index (χ2n) is 4.80. The van der Waals surface area contributed by atoms with E-state index >= 15 is 0 Å². The average Bonchev–Trinajstić information content (AvgIpc) is 2.29. The maximum atomic E-state index is 11.4. The monoisotopic (exact) mass is 269 g/mol. The lowest BCUT2D eigenvalue weighted by Crippen LogP contribution is -2.38. The number of rotatable bonds is 2. The molecule has 0 amide bonds. The van der Waals surface area contributed by atoms with E-state index in [4.69, 9.17) is 10.9 Å². The molecular weight excluding hydrogens is 250 g/mol. The molecule has 0 bridgehead atoms. The van der Waals surface area contributed by atoms with Gasteiger partial charge in [-0.25, -0.2) is 13.6 Å². The Morgan fingerprint density at radius 3 is 2.67 bits per heavy atom. The number of benzene rings is 1. The van der Waals surface area contributed by atoms with Gasteiger partial charge in [-0.3, -0.25) is 0 Å². The molecule has 1 fully saturated rings. The first-order valence-electron chi connectivity index (χ1n) is 6.08. The molecule has 18 heavy (non-hydrogen) atoms. The van der Waals surface area contributed by atoms with Gasteiger partial charge in [0.15, 0.2) is 0 Å². The Morgan fingerprint density at radius 1 is 1.33 bits per heavy atom. The molecule has 1 aliphatic rings. The molecule has 2 rings (SSSR count). The molecule has 0 spiro atoms. The van der Waals surface area contributed by atoms with Crippen molar-refractivity contribution in [3.63, 3.8) is 0 Å². The molecule has 0 aliphatic carbocycles. The fourth-order valence-electron chi connectivity index (χ4n) is 2.41. The summed E-state index contributed by atoms with van der Waals surface area (Å²) in [5, 5.41) is 5.15. The number of anilines is 2. The van der Waals surface area contributed by atoms with Crippen molar-refractivity contribution in [3.8, 4) is 0 Å². The zero-order valence-corrected chi connectivity index (χ0v) is 11.3. The molecule has 6 heteroatoms. The van der Waals surface area contributed by atoms with Gasteiger partial charge < -0.3 is 10.6 Å². The van der Waals surface area contributed by atoms with Crippen LogP contribution in [0.2, 0.25) is 0 Å². The lowest BCUT2D eigenvalue weighted by atomic mass is 10.0. The number of nitrogen functional groups attached to an aromatic ring is 1. The summed E-state index contributed by atoms with van der Waals surface area (Å²) in [5.74, 6) is 0. The van der Waals surface area contributed by atoms with Crippen LogP contribution in [0.4, 0.5) is 11.4 Å². The van der Waals surface area contributed by atoms with Crippen LogP contribution >= 0.6 is 0 Å². The molecule has 1 aliphatic heterocycles. The molecule has 1 aromatic carbocycles. The Kier molecular flexibility index (Phi) is 3.49. The van der Waals surface area contributed by atoms with Crippen LogP contribution in [0, 0.1) is 0 Å². The standard InChI is InChI=1S/C12H19N3O2S/c1-9-4-2-3-7-15(9)12-8-10(18(14,16)17)5-6-11(12)13/h5-6,8-9H,2-4,7,13H2,1H3,(H2,14,16,17). The SMILES string of the molecule is CC1CCCCN1c1cc(S(N)(=O)=O)ccc1N. The predicted molar refractivity (Wildman–Crippen MR) is 72.9 cm³/mol. The zero-order valence-electron chi connectivity index (χ0n) is 10.5. The van der Waals surface area contributed by atoms with E-state index in [1.165, 1.54) is 12.5 Å². The minimum Gasteiger partial charge on any atom is -0.397 e. The highest BCUT2D eigenvalue weighted by molar-refractivity contribution is 7.89. The average molecular weight is 269 g/mol. The van der Waals surface area contributed by atoms with Crippen LogP contribution in [-0.4, -0.2) is 21.0 Å². The van der Waals surface area contributed by atoms with Gasteiger partial charge in [0.05, 0.1) is 16.3 Å². The fraction of sp³-hybridized carbons (Fsp3) is 0.500. The molecule has 100 valence electrons. The molecule has 0 aromatic heterocycles. The third-order valence-electron chi connectivity index (χ3n) is 3.44. The molecule has 1 heterocycles. The van der Waals surface area contributed by atoms with Crippen LogP contribution in [0.5, 0.6) is 0 Å². The van der Waals surface area contributed by atoms with E-state index < -0.39 is 10.0 Å². The van der Waals surface area contributed by atoms with Crippen molar-refractivity contribution in [3.05, 3.63) is 18.2 Å². The van der Waals surface area contributed by atoms with E-state index in [1.807, 2.05) is 0 Å². The van der Waals surface area contributed by atoms with E-state index in [0.717, 1.165) is 25.1 Å². The Hall–Kier alpha value is -1.27. The summed E-state index contributed by atoms with van der Waals surface area (Å²) < 4.78 is 22.8. The second-order valence-corrected chi connectivity index (χ2v) is 6.37. The first-order chi connectivity index (χ1) is 8.39. The van der Waals surface area contributed by atoms with Crippen molar-refractivity contribution >= 4 is 21.4 Å². The largest absolute Gasteiger partial charge is 0.397 e. The smallest absolute Gasteiger partial charge is 0.238 e. The molecule has 0 radical (unpaired) electrons. The third kappa shape index (κ3) is 2.59. The van der Waals surface area contributed by atoms with Gasteiger partial charge in [-0.15, -0.1) is 0 Å². The maximum Gasteiger partial charge on any atom is 0.238 e. The first kappa shape index (κ1) is 13.2. The van der Waals surface area contributed by atoms with Crippen LogP contribution in [0.1, 0.15) is 26.2 Å². The Bertz CT molecular complexity index is 542. The number of hydrogen-bond acceptors (Lipinski definition) is 4. The Labute approximate surface area is 108 Å². The summed E-state index contributed by atoms with van der Waals surface area (Å²) in [6, 6.07) is 5.00. The van der Waals surface area contributed by atoms with Gasteiger partial charge in [0, 0.05) is 12.6 Å².